The summed E-state index contributed by atoms with van der Waals surface area (Å²) in [7, 11) is -3.60. The molecule has 0 saturated carbocycles. The molecule has 1 fully saturated rings. The van der Waals surface area contributed by atoms with E-state index in [4.69, 9.17) is 23.8 Å². The van der Waals surface area contributed by atoms with Gasteiger partial charge in [0.15, 0.2) is 8.29 Å². The molecule has 1 saturated heterocycles. The summed E-state index contributed by atoms with van der Waals surface area (Å²) < 4.78 is 29.9. The minimum Gasteiger partial charge on any atom is -0.324 e. The smallest absolute Gasteiger partial charge is 0.243 e. The first-order valence-corrected chi connectivity index (χ1v) is 13.8. The van der Waals surface area contributed by atoms with Crippen molar-refractivity contribution >= 4 is 68.5 Å². The molecule has 1 amide bonds. The molecule has 0 spiro atoms. The van der Waals surface area contributed by atoms with E-state index in [0.29, 0.717) is 21.4 Å². The summed E-state index contributed by atoms with van der Waals surface area (Å²) in [6.07, 6.45) is 1.70. The third-order valence-electron chi connectivity index (χ3n) is 4.77. The molecular formula is C20H19ClN4O3S4. The lowest BCUT2D eigenvalue weighted by atomic mass is 10.3. The summed E-state index contributed by atoms with van der Waals surface area (Å²) in [6, 6.07) is 13.9. The van der Waals surface area contributed by atoms with Gasteiger partial charge in [-0.05, 0) is 55.4 Å². The molecule has 2 heterocycles. The van der Waals surface area contributed by atoms with E-state index in [9.17, 15) is 13.2 Å². The molecule has 1 N–H and O–H groups in total. The normalized spacial score (nSPS) is 14.5. The van der Waals surface area contributed by atoms with E-state index in [1.807, 2.05) is 30.3 Å². The Hall–Kier alpha value is -1.76. The minimum atomic E-state index is -3.60. The molecule has 12 heteroatoms. The number of carbonyl (C=O) groups excluding carboxylic acids is 1. The average Bonchev–Trinajstić information content (AvgIpc) is 3.45. The van der Waals surface area contributed by atoms with E-state index in [0.717, 1.165) is 18.5 Å². The predicted molar refractivity (Wildman–Crippen MR) is 131 cm³/mol. The Morgan fingerprint density at radius 3 is 2.62 bits per heavy atom. The molecule has 2 aromatic carbocycles. The number of halogens is 1. The van der Waals surface area contributed by atoms with Crippen LogP contribution in [-0.4, -0.2) is 47.3 Å². The van der Waals surface area contributed by atoms with Gasteiger partial charge in [0, 0.05) is 13.1 Å². The van der Waals surface area contributed by atoms with Crippen molar-refractivity contribution in [2.45, 2.75) is 22.1 Å². The number of hydrogen-bond acceptors (Lipinski definition) is 7. The Balaban J connectivity index is 1.43. The van der Waals surface area contributed by atoms with Gasteiger partial charge in [-0.15, -0.1) is 5.10 Å². The first-order chi connectivity index (χ1) is 15.3. The second-order valence-corrected chi connectivity index (χ2v) is 12.2. The van der Waals surface area contributed by atoms with Crippen LogP contribution in [0.4, 0.5) is 5.69 Å². The lowest BCUT2D eigenvalue weighted by Gasteiger charge is -2.16. The van der Waals surface area contributed by atoms with Crippen LogP contribution in [0.1, 0.15) is 12.8 Å². The number of amides is 1. The number of aromatic nitrogens is 2. The zero-order chi connectivity index (χ0) is 22.7. The topological polar surface area (TPSA) is 84.3 Å². The molecule has 3 aromatic rings. The van der Waals surface area contributed by atoms with Crippen molar-refractivity contribution in [2.24, 2.45) is 0 Å². The Morgan fingerprint density at radius 1 is 1.19 bits per heavy atom. The van der Waals surface area contributed by atoms with Gasteiger partial charge in [0.2, 0.25) is 15.9 Å². The first-order valence-electron chi connectivity index (χ1n) is 9.72. The maximum absolute atomic E-state index is 12.8. The quantitative estimate of drug-likeness (QED) is 0.350. The fraction of sp³-hybridized carbons (Fsp3) is 0.250. The van der Waals surface area contributed by atoms with Gasteiger partial charge in [-0.3, -0.25) is 4.79 Å². The zero-order valence-electron chi connectivity index (χ0n) is 16.7. The highest BCUT2D eigenvalue weighted by molar-refractivity contribution is 8.01. The molecule has 1 aliphatic rings. The third kappa shape index (κ3) is 5.24. The van der Waals surface area contributed by atoms with Crippen LogP contribution in [0.2, 0.25) is 5.02 Å². The van der Waals surface area contributed by atoms with Crippen LogP contribution >= 0.6 is 46.9 Å². The van der Waals surface area contributed by atoms with E-state index in [2.05, 4.69) is 10.4 Å². The Labute approximate surface area is 204 Å². The standard InChI is InChI=1S/C20H19ClN4O3S4/c21-16-9-8-15(32(27,28)24-10-4-5-11-24)12-17(16)22-18(26)13-30-19-23-25(20(29)31-19)14-6-2-1-3-7-14/h1-3,6-9,12H,4-5,10-11,13H2,(H,22,26). The molecule has 32 heavy (non-hydrogen) atoms. The van der Waals surface area contributed by atoms with Crippen LogP contribution in [0.15, 0.2) is 57.8 Å². The molecule has 0 unspecified atom stereocenters. The summed E-state index contributed by atoms with van der Waals surface area (Å²) in [6.45, 7) is 1.01. The number of carbonyl (C=O) groups is 1. The number of anilines is 1. The first kappa shape index (κ1) is 23.4. The van der Waals surface area contributed by atoms with E-state index in [-0.39, 0.29) is 27.3 Å². The Bertz CT molecular complexity index is 1290. The van der Waals surface area contributed by atoms with Gasteiger partial charge in [-0.2, -0.15) is 4.31 Å². The van der Waals surface area contributed by atoms with Gasteiger partial charge < -0.3 is 5.32 Å². The van der Waals surface area contributed by atoms with Crippen LogP contribution in [-0.2, 0) is 14.8 Å². The van der Waals surface area contributed by atoms with Crippen LogP contribution in [0.3, 0.4) is 0 Å². The number of nitrogens with zero attached hydrogens (tertiary/aromatic N) is 3. The predicted octanol–water partition coefficient (Wildman–Crippen LogP) is 4.83. The minimum absolute atomic E-state index is 0.0799. The zero-order valence-corrected chi connectivity index (χ0v) is 20.8. The molecule has 0 atom stereocenters. The monoisotopic (exact) mass is 526 g/mol. The highest BCUT2D eigenvalue weighted by Crippen LogP contribution is 2.29. The Kier molecular flexibility index (Phi) is 7.33. The molecule has 1 aromatic heterocycles. The van der Waals surface area contributed by atoms with Crippen LogP contribution in [0, 0.1) is 3.95 Å². The molecule has 168 valence electrons. The van der Waals surface area contributed by atoms with Crippen molar-refractivity contribution in [3.63, 3.8) is 0 Å². The summed E-state index contributed by atoms with van der Waals surface area (Å²) in [5, 5.41) is 7.45. The van der Waals surface area contributed by atoms with Crippen molar-refractivity contribution in [1.29, 1.82) is 0 Å². The van der Waals surface area contributed by atoms with Crippen molar-refractivity contribution in [1.82, 2.24) is 14.1 Å². The van der Waals surface area contributed by atoms with Gasteiger partial charge >= 0.3 is 0 Å². The largest absolute Gasteiger partial charge is 0.324 e. The van der Waals surface area contributed by atoms with Crippen LogP contribution < -0.4 is 5.32 Å². The molecular weight excluding hydrogens is 508 g/mol. The van der Waals surface area contributed by atoms with Gasteiger partial charge in [0.1, 0.15) is 0 Å². The second kappa shape index (κ2) is 10.0. The highest BCUT2D eigenvalue weighted by Gasteiger charge is 2.27. The van der Waals surface area contributed by atoms with Gasteiger partial charge in [-0.1, -0.05) is 52.9 Å². The number of benzene rings is 2. The maximum Gasteiger partial charge on any atom is 0.243 e. The number of sulfonamides is 1. The fourth-order valence-corrected chi connectivity index (χ4v) is 7.07. The lowest BCUT2D eigenvalue weighted by Crippen LogP contribution is -2.28. The second-order valence-electron chi connectivity index (χ2n) is 6.97. The van der Waals surface area contributed by atoms with Crippen molar-refractivity contribution in [2.75, 3.05) is 24.2 Å². The number of hydrogen-bond donors (Lipinski definition) is 1. The third-order valence-corrected chi connectivity index (χ3v) is 9.36. The fourth-order valence-electron chi connectivity index (χ4n) is 3.20. The van der Waals surface area contributed by atoms with Crippen molar-refractivity contribution < 1.29 is 13.2 Å². The van der Waals surface area contributed by atoms with Gasteiger partial charge in [-0.25, -0.2) is 13.1 Å². The molecule has 0 radical (unpaired) electrons. The van der Waals surface area contributed by atoms with Gasteiger partial charge in [0.25, 0.3) is 0 Å². The number of rotatable bonds is 7. The van der Waals surface area contributed by atoms with Crippen molar-refractivity contribution in [3.05, 3.63) is 57.5 Å². The van der Waals surface area contributed by atoms with E-state index >= 15 is 0 Å². The molecule has 1 aliphatic heterocycles. The summed E-state index contributed by atoms with van der Waals surface area (Å²) >= 11 is 14.2. The number of thioether (sulfide) groups is 1. The summed E-state index contributed by atoms with van der Waals surface area (Å²) in [5.41, 5.74) is 1.12. The molecule has 7 nitrogen and oxygen atoms in total. The SMILES string of the molecule is O=C(CSc1nn(-c2ccccc2)c(=S)s1)Nc1cc(S(=O)(=O)N2CCCC2)ccc1Cl. The van der Waals surface area contributed by atoms with E-state index in [1.165, 1.54) is 45.6 Å². The average molecular weight is 527 g/mol. The molecule has 0 aliphatic carbocycles. The van der Waals surface area contributed by atoms with Crippen LogP contribution in [0.25, 0.3) is 5.69 Å². The number of para-hydroxylation sites is 1. The van der Waals surface area contributed by atoms with Crippen LogP contribution in [0.5, 0.6) is 0 Å². The van der Waals surface area contributed by atoms with E-state index in [1.54, 1.807) is 4.68 Å². The number of nitrogens with one attached hydrogen (secondary N) is 1. The Morgan fingerprint density at radius 2 is 1.91 bits per heavy atom. The van der Waals surface area contributed by atoms with Gasteiger partial charge in [0.05, 0.1) is 27.0 Å². The lowest BCUT2D eigenvalue weighted by molar-refractivity contribution is -0.113. The van der Waals surface area contributed by atoms with Crippen molar-refractivity contribution in [3.8, 4) is 5.69 Å². The summed E-state index contributed by atoms with van der Waals surface area (Å²) in [4.78, 5) is 12.6. The highest BCUT2D eigenvalue weighted by atomic mass is 35.5. The molecule has 0 bridgehead atoms. The summed E-state index contributed by atoms with van der Waals surface area (Å²) in [5.74, 6) is -0.240. The van der Waals surface area contributed by atoms with E-state index < -0.39 is 10.0 Å². The molecule has 4 rings (SSSR count). The maximum atomic E-state index is 12.8.